The lowest BCUT2D eigenvalue weighted by molar-refractivity contribution is -0.115. The fraction of sp³-hybridized carbons (Fsp3) is 0.0800. The molecule has 3 aromatic carbocycles. The van der Waals surface area contributed by atoms with Crippen LogP contribution >= 0.6 is 34.7 Å². The molecule has 5 aromatic rings. The summed E-state index contributed by atoms with van der Waals surface area (Å²) in [5.41, 5.74) is 2.75. The normalized spacial score (nSPS) is 12.1. The van der Waals surface area contributed by atoms with E-state index in [0.717, 1.165) is 31.8 Å². The Bertz CT molecular complexity index is 1430. The second-order valence-corrected chi connectivity index (χ2v) is 10.00. The summed E-state index contributed by atoms with van der Waals surface area (Å²) in [5.74, 6) is 0.203. The highest BCUT2D eigenvalue weighted by Crippen LogP contribution is 2.42. The Labute approximate surface area is 203 Å². The predicted molar refractivity (Wildman–Crippen MR) is 136 cm³/mol. The first-order valence-electron chi connectivity index (χ1n) is 10.2. The number of halogens is 1. The second kappa shape index (κ2) is 9.39. The zero-order valence-electron chi connectivity index (χ0n) is 17.5. The van der Waals surface area contributed by atoms with Crippen molar-refractivity contribution in [2.24, 2.45) is 0 Å². The molecular formula is C25H18ClN3O2S2. The predicted octanol–water partition coefficient (Wildman–Crippen LogP) is 7.39. The Kier molecular flexibility index (Phi) is 6.17. The summed E-state index contributed by atoms with van der Waals surface area (Å²) in [6, 6.07) is 25.6. The van der Waals surface area contributed by atoms with E-state index < -0.39 is 5.25 Å². The SMILES string of the molecule is C[C@H](Sc1nnc(-c2sc3ccccc3c2Cl)o1)C(=O)Nc1ccccc1-c1ccccc1. The number of amides is 1. The minimum absolute atomic E-state index is 0.150. The standard InChI is InChI=1S/C25H18ClN3O2S2/c1-15(23(30)27-19-13-7-5-11-17(19)16-9-3-2-4-10-16)32-25-29-28-24(31-25)22-21(26)18-12-6-8-14-20(18)33-22/h2-15H,1H3,(H,27,30)/t15-/m0/s1. The summed E-state index contributed by atoms with van der Waals surface area (Å²) < 4.78 is 6.88. The van der Waals surface area contributed by atoms with E-state index in [1.165, 1.54) is 23.1 Å². The van der Waals surface area contributed by atoms with Gasteiger partial charge in [0.25, 0.3) is 11.1 Å². The van der Waals surface area contributed by atoms with E-state index in [9.17, 15) is 4.79 Å². The number of hydrogen-bond acceptors (Lipinski definition) is 6. The third kappa shape index (κ3) is 4.53. The third-order valence-electron chi connectivity index (χ3n) is 5.05. The molecule has 1 amide bonds. The van der Waals surface area contributed by atoms with E-state index in [2.05, 4.69) is 15.5 Å². The van der Waals surface area contributed by atoms with Crippen LogP contribution in [0.15, 0.2) is 88.5 Å². The molecule has 0 unspecified atom stereocenters. The molecule has 0 aliphatic carbocycles. The smallest absolute Gasteiger partial charge is 0.277 e. The highest BCUT2D eigenvalue weighted by molar-refractivity contribution is 8.00. The van der Waals surface area contributed by atoms with Gasteiger partial charge < -0.3 is 9.73 Å². The van der Waals surface area contributed by atoms with Gasteiger partial charge in [0.05, 0.1) is 10.3 Å². The van der Waals surface area contributed by atoms with Crippen LogP contribution in [-0.4, -0.2) is 21.4 Å². The van der Waals surface area contributed by atoms with Gasteiger partial charge in [0.1, 0.15) is 4.88 Å². The number of nitrogens with zero attached hydrogens (tertiary/aromatic N) is 2. The number of thioether (sulfide) groups is 1. The van der Waals surface area contributed by atoms with Crippen molar-refractivity contribution in [3.05, 3.63) is 83.9 Å². The lowest BCUT2D eigenvalue weighted by atomic mass is 10.0. The van der Waals surface area contributed by atoms with Crippen LogP contribution in [0.3, 0.4) is 0 Å². The summed E-state index contributed by atoms with van der Waals surface area (Å²) >= 11 is 9.23. The summed E-state index contributed by atoms with van der Waals surface area (Å²) in [6.45, 7) is 1.81. The van der Waals surface area contributed by atoms with Gasteiger partial charge in [0.15, 0.2) is 0 Å². The van der Waals surface area contributed by atoms with Crippen molar-refractivity contribution in [2.45, 2.75) is 17.4 Å². The Hall–Kier alpha value is -3.13. The minimum Gasteiger partial charge on any atom is -0.410 e. The van der Waals surface area contributed by atoms with E-state index in [1.54, 1.807) is 6.92 Å². The first-order chi connectivity index (χ1) is 16.1. The maximum absolute atomic E-state index is 12.9. The number of carbonyl (C=O) groups excluding carboxylic acids is 1. The molecule has 2 aromatic heterocycles. The van der Waals surface area contributed by atoms with E-state index in [1.807, 2.05) is 78.9 Å². The molecule has 0 spiro atoms. The Morgan fingerprint density at radius 3 is 2.55 bits per heavy atom. The Morgan fingerprint density at radius 1 is 1.00 bits per heavy atom. The molecule has 0 fully saturated rings. The Morgan fingerprint density at radius 2 is 1.73 bits per heavy atom. The Balaban J connectivity index is 1.31. The maximum atomic E-state index is 12.9. The molecule has 33 heavy (non-hydrogen) atoms. The highest BCUT2D eigenvalue weighted by Gasteiger charge is 2.22. The molecule has 0 saturated heterocycles. The van der Waals surface area contributed by atoms with Crippen molar-refractivity contribution >= 4 is 56.4 Å². The van der Waals surface area contributed by atoms with Gasteiger partial charge in [-0.1, -0.05) is 90.1 Å². The average Bonchev–Trinajstić information content (AvgIpc) is 3.44. The second-order valence-electron chi connectivity index (χ2n) is 7.28. The minimum atomic E-state index is -0.444. The first-order valence-corrected chi connectivity index (χ1v) is 12.3. The molecule has 5 rings (SSSR count). The first kappa shape index (κ1) is 21.7. The lowest BCUT2D eigenvalue weighted by Gasteiger charge is -2.14. The molecule has 0 bridgehead atoms. The van der Waals surface area contributed by atoms with Gasteiger partial charge in [-0.05, 0) is 24.6 Å². The number of rotatable bonds is 6. The van der Waals surface area contributed by atoms with Crippen LogP contribution in [0.5, 0.6) is 0 Å². The van der Waals surface area contributed by atoms with Gasteiger partial charge in [-0.3, -0.25) is 4.79 Å². The van der Waals surface area contributed by atoms with Crippen molar-refractivity contribution in [1.29, 1.82) is 0 Å². The van der Waals surface area contributed by atoms with Crippen LogP contribution in [0, 0.1) is 0 Å². The summed E-state index contributed by atoms with van der Waals surface area (Å²) in [4.78, 5) is 13.6. The molecule has 8 heteroatoms. The molecule has 1 atom stereocenters. The molecule has 164 valence electrons. The molecule has 2 heterocycles. The van der Waals surface area contributed by atoms with Crippen LogP contribution in [0.1, 0.15) is 6.92 Å². The van der Waals surface area contributed by atoms with E-state index >= 15 is 0 Å². The van der Waals surface area contributed by atoms with Crippen molar-refractivity contribution in [3.63, 3.8) is 0 Å². The fourth-order valence-electron chi connectivity index (χ4n) is 3.40. The van der Waals surface area contributed by atoms with E-state index in [4.69, 9.17) is 16.0 Å². The van der Waals surface area contributed by atoms with Crippen molar-refractivity contribution in [2.75, 3.05) is 5.32 Å². The van der Waals surface area contributed by atoms with Crippen LogP contribution in [0.4, 0.5) is 5.69 Å². The van der Waals surface area contributed by atoms with Crippen LogP contribution < -0.4 is 5.32 Å². The van der Waals surface area contributed by atoms with Crippen LogP contribution in [-0.2, 0) is 4.79 Å². The van der Waals surface area contributed by atoms with Crippen LogP contribution in [0.2, 0.25) is 5.02 Å². The van der Waals surface area contributed by atoms with Crippen molar-refractivity contribution in [3.8, 4) is 21.9 Å². The number of anilines is 1. The zero-order valence-corrected chi connectivity index (χ0v) is 19.9. The average molecular weight is 492 g/mol. The molecule has 0 aliphatic heterocycles. The largest absolute Gasteiger partial charge is 0.410 e. The van der Waals surface area contributed by atoms with Crippen molar-refractivity contribution in [1.82, 2.24) is 10.2 Å². The zero-order chi connectivity index (χ0) is 22.8. The van der Waals surface area contributed by atoms with Gasteiger partial charge in [-0.15, -0.1) is 21.5 Å². The third-order valence-corrected chi connectivity index (χ3v) is 7.65. The fourth-order valence-corrected chi connectivity index (χ4v) is 5.52. The number of fused-ring (bicyclic) bond motifs is 1. The number of aromatic nitrogens is 2. The van der Waals surface area contributed by atoms with Gasteiger partial charge in [-0.2, -0.15) is 0 Å². The monoisotopic (exact) mass is 491 g/mol. The number of hydrogen-bond donors (Lipinski definition) is 1. The molecule has 1 N–H and O–H groups in total. The number of carbonyl (C=O) groups is 1. The number of nitrogens with one attached hydrogen (secondary N) is 1. The molecular weight excluding hydrogens is 474 g/mol. The number of para-hydroxylation sites is 1. The number of benzene rings is 3. The maximum Gasteiger partial charge on any atom is 0.277 e. The number of thiophene rings is 1. The van der Waals surface area contributed by atoms with E-state index in [0.29, 0.717) is 16.1 Å². The highest BCUT2D eigenvalue weighted by atomic mass is 35.5. The van der Waals surface area contributed by atoms with Crippen LogP contribution in [0.25, 0.3) is 32.0 Å². The van der Waals surface area contributed by atoms with Gasteiger partial charge in [0, 0.05) is 21.3 Å². The van der Waals surface area contributed by atoms with Gasteiger partial charge in [0.2, 0.25) is 5.91 Å². The topological polar surface area (TPSA) is 68.0 Å². The lowest BCUT2D eigenvalue weighted by Crippen LogP contribution is -2.22. The van der Waals surface area contributed by atoms with Gasteiger partial charge in [-0.25, -0.2) is 0 Å². The molecule has 5 nitrogen and oxygen atoms in total. The molecule has 0 saturated carbocycles. The summed E-state index contributed by atoms with van der Waals surface area (Å²) in [6.07, 6.45) is 0. The summed E-state index contributed by atoms with van der Waals surface area (Å²) in [5, 5.41) is 12.7. The summed E-state index contributed by atoms with van der Waals surface area (Å²) in [7, 11) is 0. The quantitative estimate of drug-likeness (QED) is 0.251. The molecule has 0 aliphatic rings. The van der Waals surface area contributed by atoms with E-state index in [-0.39, 0.29) is 5.91 Å². The molecule has 0 radical (unpaired) electrons. The van der Waals surface area contributed by atoms with Crippen molar-refractivity contribution < 1.29 is 9.21 Å². The van der Waals surface area contributed by atoms with Gasteiger partial charge >= 0.3 is 0 Å².